The van der Waals surface area contributed by atoms with Crippen molar-refractivity contribution >= 4 is 0 Å². The van der Waals surface area contributed by atoms with Crippen molar-refractivity contribution in [3.63, 3.8) is 0 Å². The zero-order valence-corrected chi connectivity index (χ0v) is 12.5. The predicted octanol–water partition coefficient (Wildman–Crippen LogP) is 3.40. The Balaban J connectivity index is 2.05. The summed E-state index contributed by atoms with van der Waals surface area (Å²) in [6.45, 7) is 4.61. The molecule has 3 heteroatoms. The Labute approximate surface area is 125 Å². The van der Waals surface area contributed by atoms with Gasteiger partial charge in [0.15, 0.2) is 0 Å². The minimum absolute atomic E-state index is 0.0827. The highest BCUT2D eigenvalue weighted by molar-refractivity contribution is 5.77. The van der Waals surface area contributed by atoms with Crippen molar-refractivity contribution in [1.82, 2.24) is 0 Å². The van der Waals surface area contributed by atoms with Crippen LogP contribution in [0.4, 0.5) is 0 Å². The third-order valence-electron chi connectivity index (χ3n) is 3.63. The van der Waals surface area contributed by atoms with Crippen LogP contribution in [0.25, 0.3) is 11.1 Å². The van der Waals surface area contributed by atoms with Gasteiger partial charge in [-0.05, 0) is 25.5 Å². The predicted molar refractivity (Wildman–Crippen MR) is 84.8 cm³/mol. The van der Waals surface area contributed by atoms with E-state index in [1.807, 2.05) is 32.0 Å². The Morgan fingerprint density at radius 3 is 2.67 bits per heavy atom. The number of benzene rings is 2. The van der Waals surface area contributed by atoms with E-state index in [2.05, 4.69) is 24.3 Å². The molecule has 2 aromatic rings. The van der Waals surface area contributed by atoms with E-state index in [9.17, 15) is 0 Å². The molecule has 2 N–H and O–H groups in total. The average Bonchev–Trinajstić information content (AvgIpc) is 2.90. The van der Waals surface area contributed by atoms with Gasteiger partial charge in [0.05, 0.1) is 6.10 Å². The smallest absolute Gasteiger partial charge is 0.131 e. The van der Waals surface area contributed by atoms with Gasteiger partial charge in [-0.1, -0.05) is 36.4 Å². The second-order valence-electron chi connectivity index (χ2n) is 5.64. The molecule has 1 atom stereocenters. The molecule has 0 saturated carbocycles. The molecular weight excluding hydrogens is 262 g/mol. The number of hydrogen-bond donors (Lipinski definition) is 1. The lowest BCUT2D eigenvalue weighted by atomic mass is 10.00. The van der Waals surface area contributed by atoms with Gasteiger partial charge in [0, 0.05) is 24.1 Å². The Kier molecular flexibility index (Phi) is 3.84. The number of hydrogen-bond acceptors (Lipinski definition) is 3. The SMILES string of the molecule is CC(C)Oc1ccccc1-c1cccc2c1OC(CN)C2. The molecule has 0 radical (unpaired) electrons. The van der Waals surface area contributed by atoms with E-state index in [4.69, 9.17) is 15.2 Å². The van der Waals surface area contributed by atoms with Gasteiger partial charge in [-0.2, -0.15) is 0 Å². The molecule has 0 bridgehead atoms. The fraction of sp³-hybridized carbons (Fsp3) is 0.333. The molecular formula is C18H21NO2. The Bertz CT molecular complexity index is 637. The van der Waals surface area contributed by atoms with Crippen LogP contribution < -0.4 is 15.2 Å². The van der Waals surface area contributed by atoms with Crippen molar-refractivity contribution in [3.8, 4) is 22.6 Å². The molecule has 0 aliphatic carbocycles. The van der Waals surface area contributed by atoms with Gasteiger partial charge in [-0.25, -0.2) is 0 Å². The van der Waals surface area contributed by atoms with E-state index in [0.29, 0.717) is 6.54 Å². The van der Waals surface area contributed by atoms with Gasteiger partial charge < -0.3 is 15.2 Å². The molecule has 1 aliphatic rings. The monoisotopic (exact) mass is 283 g/mol. The first-order valence-corrected chi connectivity index (χ1v) is 7.43. The molecule has 2 aromatic carbocycles. The first-order chi connectivity index (χ1) is 10.2. The molecule has 0 fully saturated rings. The molecule has 0 spiro atoms. The van der Waals surface area contributed by atoms with E-state index in [0.717, 1.165) is 29.0 Å². The Morgan fingerprint density at radius 2 is 1.90 bits per heavy atom. The second kappa shape index (κ2) is 5.78. The van der Waals surface area contributed by atoms with Gasteiger partial charge in [0.25, 0.3) is 0 Å². The highest BCUT2D eigenvalue weighted by Gasteiger charge is 2.25. The minimum Gasteiger partial charge on any atom is -0.490 e. The van der Waals surface area contributed by atoms with E-state index < -0.39 is 0 Å². The first-order valence-electron chi connectivity index (χ1n) is 7.43. The maximum atomic E-state index is 6.02. The molecule has 0 aromatic heterocycles. The lowest BCUT2D eigenvalue weighted by molar-refractivity contribution is 0.239. The van der Waals surface area contributed by atoms with Gasteiger partial charge >= 0.3 is 0 Å². The van der Waals surface area contributed by atoms with E-state index in [1.54, 1.807) is 0 Å². The van der Waals surface area contributed by atoms with Crippen molar-refractivity contribution in [1.29, 1.82) is 0 Å². The lowest BCUT2D eigenvalue weighted by Crippen LogP contribution is -2.24. The van der Waals surface area contributed by atoms with Crippen LogP contribution in [0, 0.1) is 0 Å². The van der Waals surface area contributed by atoms with Gasteiger partial charge in [-0.15, -0.1) is 0 Å². The summed E-state index contributed by atoms with van der Waals surface area (Å²) < 4.78 is 12.0. The van der Waals surface area contributed by atoms with Crippen LogP contribution >= 0.6 is 0 Å². The molecule has 21 heavy (non-hydrogen) atoms. The average molecular weight is 283 g/mol. The summed E-state index contributed by atoms with van der Waals surface area (Å²) >= 11 is 0. The van der Waals surface area contributed by atoms with E-state index in [-0.39, 0.29) is 12.2 Å². The third-order valence-corrected chi connectivity index (χ3v) is 3.63. The van der Waals surface area contributed by atoms with Crippen LogP contribution in [0.2, 0.25) is 0 Å². The molecule has 110 valence electrons. The normalized spacial score (nSPS) is 16.7. The number of ether oxygens (including phenoxy) is 2. The molecule has 0 amide bonds. The fourth-order valence-electron chi connectivity index (χ4n) is 2.73. The molecule has 1 heterocycles. The minimum atomic E-state index is 0.0827. The van der Waals surface area contributed by atoms with Crippen molar-refractivity contribution in [3.05, 3.63) is 48.0 Å². The Hall–Kier alpha value is -2.00. The van der Waals surface area contributed by atoms with Crippen LogP contribution in [0.1, 0.15) is 19.4 Å². The quantitative estimate of drug-likeness (QED) is 0.935. The van der Waals surface area contributed by atoms with Crippen LogP contribution in [0.3, 0.4) is 0 Å². The lowest BCUT2D eigenvalue weighted by Gasteiger charge is -2.16. The van der Waals surface area contributed by atoms with Crippen LogP contribution in [-0.2, 0) is 6.42 Å². The number of para-hydroxylation sites is 2. The van der Waals surface area contributed by atoms with Crippen molar-refractivity contribution in [2.24, 2.45) is 5.73 Å². The van der Waals surface area contributed by atoms with Crippen molar-refractivity contribution in [2.45, 2.75) is 32.5 Å². The molecule has 3 nitrogen and oxygen atoms in total. The Morgan fingerprint density at radius 1 is 1.14 bits per heavy atom. The number of fused-ring (bicyclic) bond motifs is 1. The zero-order chi connectivity index (χ0) is 14.8. The fourth-order valence-corrected chi connectivity index (χ4v) is 2.73. The number of rotatable bonds is 4. The van der Waals surface area contributed by atoms with Gasteiger partial charge in [0.1, 0.15) is 17.6 Å². The zero-order valence-electron chi connectivity index (χ0n) is 12.5. The van der Waals surface area contributed by atoms with Crippen LogP contribution in [0.15, 0.2) is 42.5 Å². The van der Waals surface area contributed by atoms with Crippen molar-refractivity contribution in [2.75, 3.05) is 6.54 Å². The highest BCUT2D eigenvalue weighted by Crippen LogP contribution is 2.42. The summed E-state index contributed by atoms with van der Waals surface area (Å²) in [6, 6.07) is 14.4. The summed E-state index contributed by atoms with van der Waals surface area (Å²) in [6.07, 6.45) is 1.10. The summed E-state index contributed by atoms with van der Waals surface area (Å²) in [7, 11) is 0. The molecule has 1 aliphatic heterocycles. The number of nitrogens with two attached hydrogens (primary N) is 1. The largest absolute Gasteiger partial charge is 0.490 e. The summed E-state index contributed by atoms with van der Waals surface area (Å²) in [5.74, 6) is 1.84. The summed E-state index contributed by atoms with van der Waals surface area (Å²) in [5, 5.41) is 0. The van der Waals surface area contributed by atoms with E-state index >= 15 is 0 Å². The van der Waals surface area contributed by atoms with E-state index in [1.165, 1.54) is 5.56 Å². The molecule has 3 rings (SSSR count). The summed E-state index contributed by atoms with van der Waals surface area (Å²) in [5.41, 5.74) is 9.13. The molecule has 1 unspecified atom stereocenters. The van der Waals surface area contributed by atoms with Crippen molar-refractivity contribution < 1.29 is 9.47 Å². The first kappa shape index (κ1) is 14.0. The topological polar surface area (TPSA) is 44.5 Å². The third kappa shape index (κ3) is 2.74. The van der Waals surface area contributed by atoms with Gasteiger partial charge in [0.2, 0.25) is 0 Å². The highest BCUT2D eigenvalue weighted by atomic mass is 16.5. The van der Waals surface area contributed by atoms with Crippen LogP contribution in [0.5, 0.6) is 11.5 Å². The maximum Gasteiger partial charge on any atom is 0.131 e. The second-order valence-corrected chi connectivity index (χ2v) is 5.64. The van der Waals surface area contributed by atoms with Crippen LogP contribution in [-0.4, -0.2) is 18.8 Å². The van der Waals surface area contributed by atoms with Gasteiger partial charge in [-0.3, -0.25) is 0 Å². The standard InChI is InChI=1S/C18H21NO2/c1-12(2)20-17-9-4-3-7-15(17)16-8-5-6-13-10-14(11-19)21-18(13)16/h3-9,12,14H,10-11,19H2,1-2H3. The summed E-state index contributed by atoms with van der Waals surface area (Å²) in [4.78, 5) is 0. The maximum absolute atomic E-state index is 6.02. The molecule has 0 saturated heterocycles.